The highest BCUT2D eigenvalue weighted by atomic mass is 79.9. The van der Waals surface area contributed by atoms with Crippen LogP contribution in [0, 0.1) is 6.92 Å². The molecule has 13 heavy (non-hydrogen) atoms. The Morgan fingerprint density at radius 3 is 2.77 bits per heavy atom. The molecule has 0 spiro atoms. The van der Waals surface area contributed by atoms with Crippen LogP contribution < -0.4 is 4.74 Å². The lowest BCUT2D eigenvalue weighted by atomic mass is 10.2. The minimum absolute atomic E-state index is 0.222. The summed E-state index contributed by atoms with van der Waals surface area (Å²) in [6, 6.07) is 3.67. The second-order valence-electron chi connectivity index (χ2n) is 2.53. The van der Waals surface area contributed by atoms with Crippen LogP contribution in [-0.4, -0.2) is 13.9 Å². The fourth-order valence-corrected chi connectivity index (χ4v) is 1.62. The molecule has 0 aliphatic rings. The maximum Gasteiger partial charge on any atom is 0.188 e. The zero-order valence-electron chi connectivity index (χ0n) is 7.43. The fourth-order valence-electron chi connectivity index (χ4n) is 0.930. The van der Waals surface area contributed by atoms with Crippen LogP contribution in [-0.2, 0) is 4.74 Å². The van der Waals surface area contributed by atoms with Crippen LogP contribution in [0.3, 0.4) is 0 Å². The van der Waals surface area contributed by atoms with Crippen molar-refractivity contribution < 1.29 is 9.47 Å². The van der Waals surface area contributed by atoms with Crippen LogP contribution in [0.1, 0.15) is 5.56 Å². The van der Waals surface area contributed by atoms with Crippen molar-refractivity contribution in [3.63, 3.8) is 0 Å². The van der Waals surface area contributed by atoms with Gasteiger partial charge in [0.1, 0.15) is 5.75 Å². The van der Waals surface area contributed by atoms with Crippen LogP contribution in [0.2, 0.25) is 5.02 Å². The summed E-state index contributed by atoms with van der Waals surface area (Å²) in [6.07, 6.45) is 0. The van der Waals surface area contributed by atoms with E-state index in [2.05, 4.69) is 15.9 Å². The number of halogens is 2. The molecule has 0 saturated carbocycles. The van der Waals surface area contributed by atoms with Gasteiger partial charge in [-0.25, -0.2) is 0 Å². The lowest BCUT2D eigenvalue weighted by Crippen LogP contribution is -2.01. The molecule has 0 amide bonds. The number of rotatable bonds is 3. The molecule has 0 bridgehead atoms. The van der Waals surface area contributed by atoms with Gasteiger partial charge in [-0.3, -0.25) is 0 Å². The predicted molar refractivity (Wildman–Crippen MR) is 56.4 cm³/mol. The van der Waals surface area contributed by atoms with E-state index < -0.39 is 0 Å². The Labute approximate surface area is 90.9 Å². The standard InChI is InChI=1S/C9H10BrClO2/c1-6-8(11)4-3-7(10)9(6)13-5-12-2/h3-4H,5H2,1-2H3. The second kappa shape index (κ2) is 4.84. The van der Waals surface area contributed by atoms with E-state index in [0.29, 0.717) is 5.02 Å². The lowest BCUT2D eigenvalue weighted by Gasteiger charge is -2.10. The van der Waals surface area contributed by atoms with Gasteiger partial charge in [0.2, 0.25) is 0 Å². The third kappa shape index (κ3) is 2.59. The van der Waals surface area contributed by atoms with Gasteiger partial charge in [0, 0.05) is 17.7 Å². The van der Waals surface area contributed by atoms with Crippen molar-refractivity contribution in [2.24, 2.45) is 0 Å². The molecule has 0 unspecified atom stereocenters. The van der Waals surface area contributed by atoms with Crippen molar-refractivity contribution in [2.75, 3.05) is 13.9 Å². The summed E-state index contributed by atoms with van der Waals surface area (Å²) in [5.74, 6) is 0.731. The molecule has 4 heteroatoms. The van der Waals surface area contributed by atoms with E-state index in [-0.39, 0.29) is 6.79 Å². The summed E-state index contributed by atoms with van der Waals surface area (Å²) < 4.78 is 11.0. The Hall–Kier alpha value is -0.250. The maximum atomic E-state index is 5.92. The van der Waals surface area contributed by atoms with Gasteiger partial charge in [0.05, 0.1) is 4.47 Å². The highest BCUT2D eigenvalue weighted by Crippen LogP contribution is 2.33. The first-order chi connectivity index (χ1) is 6.16. The van der Waals surface area contributed by atoms with Gasteiger partial charge in [-0.05, 0) is 35.0 Å². The zero-order chi connectivity index (χ0) is 9.84. The van der Waals surface area contributed by atoms with Crippen molar-refractivity contribution in [2.45, 2.75) is 6.92 Å². The Morgan fingerprint density at radius 2 is 2.15 bits per heavy atom. The van der Waals surface area contributed by atoms with Gasteiger partial charge in [-0.2, -0.15) is 0 Å². The third-order valence-corrected chi connectivity index (χ3v) is 2.65. The highest BCUT2D eigenvalue weighted by molar-refractivity contribution is 9.10. The largest absolute Gasteiger partial charge is 0.466 e. The SMILES string of the molecule is COCOc1c(Br)ccc(Cl)c1C. The van der Waals surface area contributed by atoms with E-state index in [0.717, 1.165) is 15.8 Å². The van der Waals surface area contributed by atoms with Crippen molar-refractivity contribution >= 4 is 27.5 Å². The summed E-state index contributed by atoms with van der Waals surface area (Å²) in [7, 11) is 1.58. The summed E-state index contributed by atoms with van der Waals surface area (Å²) >= 11 is 9.30. The van der Waals surface area contributed by atoms with Crippen molar-refractivity contribution in [3.8, 4) is 5.75 Å². The number of hydrogen-bond donors (Lipinski definition) is 0. The van der Waals surface area contributed by atoms with E-state index in [1.54, 1.807) is 7.11 Å². The first kappa shape index (κ1) is 10.8. The Kier molecular flexibility index (Phi) is 4.03. The van der Waals surface area contributed by atoms with Gasteiger partial charge >= 0.3 is 0 Å². The van der Waals surface area contributed by atoms with Crippen LogP contribution in [0.25, 0.3) is 0 Å². The number of hydrogen-bond acceptors (Lipinski definition) is 2. The molecule has 0 radical (unpaired) electrons. The van der Waals surface area contributed by atoms with Gasteiger partial charge < -0.3 is 9.47 Å². The smallest absolute Gasteiger partial charge is 0.188 e. The molecule has 0 aliphatic heterocycles. The minimum Gasteiger partial charge on any atom is -0.466 e. The van der Waals surface area contributed by atoms with Crippen molar-refractivity contribution in [3.05, 3.63) is 27.2 Å². The Bertz CT molecular complexity index is 302. The molecule has 0 saturated heterocycles. The Morgan fingerprint density at radius 1 is 1.46 bits per heavy atom. The summed E-state index contributed by atoms with van der Waals surface area (Å²) in [5.41, 5.74) is 0.910. The molecule has 72 valence electrons. The zero-order valence-corrected chi connectivity index (χ0v) is 9.78. The average Bonchev–Trinajstić information content (AvgIpc) is 2.12. The molecule has 0 atom stereocenters. The van der Waals surface area contributed by atoms with Crippen LogP contribution in [0.15, 0.2) is 16.6 Å². The Balaban J connectivity index is 2.96. The fraction of sp³-hybridized carbons (Fsp3) is 0.333. The molecule has 0 N–H and O–H groups in total. The van der Waals surface area contributed by atoms with Gasteiger partial charge in [0.25, 0.3) is 0 Å². The first-order valence-corrected chi connectivity index (χ1v) is 4.90. The number of benzene rings is 1. The molecule has 0 aromatic heterocycles. The molecule has 0 heterocycles. The van der Waals surface area contributed by atoms with Crippen molar-refractivity contribution in [1.29, 1.82) is 0 Å². The minimum atomic E-state index is 0.222. The average molecular weight is 266 g/mol. The van der Waals surface area contributed by atoms with Gasteiger partial charge in [-0.1, -0.05) is 11.6 Å². The molecule has 1 rings (SSSR count). The number of ether oxygens (including phenoxy) is 2. The monoisotopic (exact) mass is 264 g/mol. The van der Waals surface area contributed by atoms with E-state index in [1.165, 1.54) is 0 Å². The predicted octanol–water partition coefficient (Wildman–Crippen LogP) is 3.39. The van der Waals surface area contributed by atoms with E-state index in [1.807, 2.05) is 19.1 Å². The third-order valence-electron chi connectivity index (χ3n) is 1.61. The van der Waals surface area contributed by atoms with E-state index >= 15 is 0 Å². The van der Waals surface area contributed by atoms with Crippen LogP contribution in [0.4, 0.5) is 0 Å². The summed E-state index contributed by atoms with van der Waals surface area (Å²) in [5, 5.41) is 0.689. The molecule has 0 aliphatic carbocycles. The second-order valence-corrected chi connectivity index (χ2v) is 3.80. The maximum absolute atomic E-state index is 5.92. The molecular weight excluding hydrogens is 255 g/mol. The van der Waals surface area contributed by atoms with E-state index in [9.17, 15) is 0 Å². The molecule has 0 fully saturated rings. The molecule has 2 nitrogen and oxygen atoms in total. The highest BCUT2D eigenvalue weighted by Gasteiger charge is 2.07. The topological polar surface area (TPSA) is 18.5 Å². The quantitative estimate of drug-likeness (QED) is 0.780. The number of methoxy groups -OCH3 is 1. The normalized spacial score (nSPS) is 10.2. The van der Waals surface area contributed by atoms with Gasteiger partial charge in [0.15, 0.2) is 6.79 Å². The molecular formula is C9H10BrClO2. The molecule has 1 aromatic rings. The first-order valence-electron chi connectivity index (χ1n) is 3.73. The van der Waals surface area contributed by atoms with E-state index in [4.69, 9.17) is 21.1 Å². The van der Waals surface area contributed by atoms with Crippen LogP contribution in [0.5, 0.6) is 5.75 Å². The van der Waals surface area contributed by atoms with Crippen molar-refractivity contribution in [1.82, 2.24) is 0 Å². The van der Waals surface area contributed by atoms with Crippen LogP contribution >= 0.6 is 27.5 Å². The summed E-state index contributed by atoms with van der Waals surface area (Å²) in [6.45, 7) is 2.12. The molecule has 1 aromatic carbocycles. The summed E-state index contributed by atoms with van der Waals surface area (Å²) in [4.78, 5) is 0. The van der Waals surface area contributed by atoms with Gasteiger partial charge in [-0.15, -0.1) is 0 Å². The lowest BCUT2D eigenvalue weighted by molar-refractivity contribution is 0.0501.